The predicted octanol–water partition coefficient (Wildman–Crippen LogP) is 2.80. The second kappa shape index (κ2) is 8.24. The molecular weight excluding hydrogens is 400 g/mol. The van der Waals surface area contributed by atoms with Crippen LogP contribution in [0.2, 0.25) is 0 Å². The molecule has 1 N–H and O–H groups in total. The lowest BCUT2D eigenvalue weighted by Gasteiger charge is -2.14. The van der Waals surface area contributed by atoms with Gasteiger partial charge in [0.2, 0.25) is 5.91 Å². The topological polar surface area (TPSA) is 95.0 Å². The third-order valence-electron chi connectivity index (χ3n) is 4.49. The monoisotopic (exact) mass is 418 g/mol. The summed E-state index contributed by atoms with van der Waals surface area (Å²) >= 11 is 6.38. The average molecular weight is 418 g/mol. The van der Waals surface area contributed by atoms with Crippen molar-refractivity contribution in [3.05, 3.63) is 34.7 Å². The van der Waals surface area contributed by atoms with E-state index >= 15 is 0 Å². The second-order valence-electron chi connectivity index (χ2n) is 6.41. The fourth-order valence-electron chi connectivity index (χ4n) is 3.21. The molecular formula is C19H18N2O5S2. The molecule has 2 aliphatic rings. The highest BCUT2D eigenvalue weighted by molar-refractivity contribution is 8.26. The number of carboxylic acids is 1. The van der Waals surface area contributed by atoms with Gasteiger partial charge in [0.25, 0.3) is 11.8 Å². The molecule has 0 aromatic heterocycles. The molecule has 1 saturated heterocycles. The molecule has 1 aromatic rings. The minimum atomic E-state index is -0.844. The Morgan fingerprint density at radius 3 is 2.50 bits per heavy atom. The summed E-state index contributed by atoms with van der Waals surface area (Å²) < 4.78 is 0.359. The molecule has 146 valence electrons. The molecule has 0 saturated carbocycles. The van der Waals surface area contributed by atoms with Crippen LogP contribution in [0.3, 0.4) is 0 Å². The second-order valence-corrected chi connectivity index (χ2v) is 8.05. The summed E-state index contributed by atoms with van der Waals surface area (Å²) in [5, 5.41) is 8.68. The number of carbonyl (C=O) groups is 4. The van der Waals surface area contributed by atoms with Crippen LogP contribution < -0.4 is 4.90 Å². The summed E-state index contributed by atoms with van der Waals surface area (Å²) in [5.74, 6) is -2.13. The number of nitrogens with zero attached hydrogens (tertiary/aromatic N) is 2. The van der Waals surface area contributed by atoms with Crippen LogP contribution >= 0.6 is 24.0 Å². The lowest BCUT2D eigenvalue weighted by Crippen LogP contribution is -2.32. The fraction of sp³-hybridized carbons (Fsp3) is 0.316. The molecule has 3 rings (SSSR count). The number of thiocarbonyl (C=S) groups is 1. The zero-order valence-electron chi connectivity index (χ0n) is 15.1. The summed E-state index contributed by atoms with van der Waals surface area (Å²) in [6.45, 7) is 1.67. The molecule has 9 heteroatoms. The molecule has 0 atom stereocenters. The van der Waals surface area contributed by atoms with Gasteiger partial charge in [0.15, 0.2) is 0 Å². The summed E-state index contributed by atoms with van der Waals surface area (Å²) in [5.41, 5.74) is 1.22. The lowest BCUT2D eigenvalue weighted by atomic mass is 10.1. The first-order valence-electron chi connectivity index (χ1n) is 8.77. The van der Waals surface area contributed by atoms with E-state index in [1.54, 1.807) is 24.3 Å². The van der Waals surface area contributed by atoms with Crippen molar-refractivity contribution in [1.29, 1.82) is 0 Å². The Labute approximate surface area is 171 Å². The average Bonchev–Trinajstić information content (AvgIpc) is 3.07. The van der Waals surface area contributed by atoms with E-state index in [9.17, 15) is 19.2 Å². The number of carboxylic acid groups (broad SMARTS) is 1. The van der Waals surface area contributed by atoms with Crippen molar-refractivity contribution in [2.45, 2.75) is 32.6 Å². The number of thioether (sulfide) groups is 1. The number of aliphatic carboxylic acids is 1. The van der Waals surface area contributed by atoms with E-state index < -0.39 is 17.8 Å². The van der Waals surface area contributed by atoms with Crippen LogP contribution in [-0.4, -0.2) is 44.6 Å². The van der Waals surface area contributed by atoms with Crippen LogP contribution in [0, 0.1) is 0 Å². The van der Waals surface area contributed by atoms with E-state index in [-0.39, 0.29) is 22.8 Å². The predicted molar refractivity (Wildman–Crippen MR) is 110 cm³/mol. The van der Waals surface area contributed by atoms with E-state index in [2.05, 4.69) is 0 Å². The first-order valence-corrected chi connectivity index (χ1v) is 9.99. The lowest BCUT2D eigenvalue weighted by molar-refractivity contribution is -0.137. The summed E-state index contributed by atoms with van der Waals surface area (Å²) in [6.07, 6.45) is 1.90. The van der Waals surface area contributed by atoms with E-state index in [1.807, 2.05) is 0 Å². The molecule has 28 heavy (non-hydrogen) atoms. The van der Waals surface area contributed by atoms with Gasteiger partial charge >= 0.3 is 5.97 Å². The Kier molecular flexibility index (Phi) is 5.95. The van der Waals surface area contributed by atoms with Crippen molar-refractivity contribution >= 4 is 63.3 Å². The number of hydrogen-bond acceptors (Lipinski definition) is 6. The van der Waals surface area contributed by atoms with Gasteiger partial charge in [-0.2, -0.15) is 0 Å². The molecule has 0 bridgehead atoms. The number of rotatable bonds is 6. The molecule has 0 spiro atoms. The summed E-state index contributed by atoms with van der Waals surface area (Å²) in [6, 6.07) is 6.86. The Bertz CT molecular complexity index is 925. The van der Waals surface area contributed by atoms with Gasteiger partial charge in [-0.05, 0) is 18.9 Å². The number of anilines is 1. The number of para-hydroxylation sites is 1. The smallest absolute Gasteiger partial charge is 0.303 e. The normalized spacial score (nSPS) is 18.8. The highest BCUT2D eigenvalue weighted by Gasteiger charge is 2.42. The van der Waals surface area contributed by atoms with E-state index in [4.69, 9.17) is 17.3 Å². The minimum absolute atomic E-state index is 0.0919. The number of unbranched alkanes of at least 4 members (excludes halogenated alkanes) is 2. The molecule has 1 aromatic carbocycles. The Morgan fingerprint density at radius 2 is 1.82 bits per heavy atom. The maximum atomic E-state index is 12.9. The number of amides is 3. The molecule has 0 radical (unpaired) electrons. The van der Waals surface area contributed by atoms with Gasteiger partial charge in [-0.15, -0.1) is 0 Å². The number of imide groups is 1. The third-order valence-corrected chi connectivity index (χ3v) is 5.94. The molecule has 1 fully saturated rings. The van der Waals surface area contributed by atoms with Crippen molar-refractivity contribution < 1.29 is 24.3 Å². The number of benzene rings is 1. The van der Waals surface area contributed by atoms with E-state index in [0.717, 1.165) is 16.7 Å². The maximum absolute atomic E-state index is 12.9. The van der Waals surface area contributed by atoms with Gasteiger partial charge in [0, 0.05) is 25.5 Å². The number of carbonyl (C=O) groups excluding carboxylic acids is 3. The van der Waals surface area contributed by atoms with Gasteiger partial charge in [0.1, 0.15) is 4.32 Å². The van der Waals surface area contributed by atoms with Gasteiger partial charge in [0.05, 0.1) is 16.2 Å². The number of hydrogen-bond donors (Lipinski definition) is 1. The summed E-state index contributed by atoms with van der Waals surface area (Å²) in [7, 11) is 0. The van der Waals surface area contributed by atoms with Crippen LogP contribution in [0.1, 0.15) is 38.2 Å². The molecule has 2 aliphatic heterocycles. The van der Waals surface area contributed by atoms with Crippen molar-refractivity contribution in [3.8, 4) is 0 Å². The highest BCUT2D eigenvalue weighted by Crippen LogP contribution is 2.44. The molecule has 7 nitrogen and oxygen atoms in total. The Hall–Kier alpha value is -2.52. The molecule has 0 unspecified atom stereocenters. The van der Waals surface area contributed by atoms with Crippen LogP contribution in [0.4, 0.5) is 5.69 Å². The van der Waals surface area contributed by atoms with Gasteiger partial charge in [-0.3, -0.25) is 24.1 Å². The van der Waals surface area contributed by atoms with Crippen LogP contribution in [0.15, 0.2) is 29.2 Å². The third kappa shape index (κ3) is 3.72. The quantitative estimate of drug-likeness (QED) is 0.431. The zero-order chi connectivity index (χ0) is 20.4. The Balaban J connectivity index is 1.83. The molecule has 3 amide bonds. The van der Waals surface area contributed by atoms with Crippen molar-refractivity contribution in [2.75, 3.05) is 11.4 Å². The van der Waals surface area contributed by atoms with Crippen molar-refractivity contribution in [2.24, 2.45) is 0 Å². The molecule has 0 aliphatic carbocycles. The van der Waals surface area contributed by atoms with Crippen LogP contribution in [-0.2, 0) is 19.2 Å². The SMILES string of the molecule is CC(=O)N1C(=O)/C(=C2\SC(=S)N(CCCCCC(=O)O)C2=O)c2ccccc21. The standard InChI is InChI=1S/C19H18N2O5S2/c1-11(22)21-13-8-5-4-7-12(13)15(17(21)25)16-18(26)20(19(27)28-16)10-6-2-3-9-14(23)24/h4-5,7-8H,2-3,6,9-10H2,1H3,(H,23,24)/b16-15-. The number of fused-ring (bicyclic) bond motifs is 1. The minimum Gasteiger partial charge on any atom is -0.481 e. The van der Waals surface area contributed by atoms with E-state index in [0.29, 0.717) is 41.4 Å². The summed E-state index contributed by atoms with van der Waals surface area (Å²) in [4.78, 5) is 51.1. The van der Waals surface area contributed by atoms with Gasteiger partial charge in [-0.1, -0.05) is 48.6 Å². The maximum Gasteiger partial charge on any atom is 0.303 e. The van der Waals surface area contributed by atoms with Crippen LogP contribution in [0.25, 0.3) is 5.57 Å². The zero-order valence-corrected chi connectivity index (χ0v) is 16.8. The van der Waals surface area contributed by atoms with Crippen molar-refractivity contribution in [1.82, 2.24) is 4.90 Å². The van der Waals surface area contributed by atoms with Gasteiger partial charge in [-0.25, -0.2) is 4.90 Å². The first kappa shape index (κ1) is 20.2. The molecule has 2 heterocycles. The van der Waals surface area contributed by atoms with Gasteiger partial charge < -0.3 is 5.11 Å². The largest absolute Gasteiger partial charge is 0.481 e. The fourth-order valence-corrected chi connectivity index (χ4v) is 4.59. The van der Waals surface area contributed by atoms with E-state index in [1.165, 1.54) is 11.8 Å². The first-order chi connectivity index (χ1) is 13.3. The van der Waals surface area contributed by atoms with Crippen molar-refractivity contribution in [3.63, 3.8) is 0 Å². The van der Waals surface area contributed by atoms with Crippen LogP contribution in [0.5, 0.6) is 0 Å². The Morgan fingerprint density at radius 1 is 1.11 bits per heavy atom. The highest BCUT2D eigenvalue weighted by atomic mass is 32.2.